The molecule has 7 heteroatoms. The molecule has 0 spiro atoms. The zero-order chi connectivity index (χ0) is 13.3. The van der Waals surface area contributed by atoms with E-state index < -0.39 is 0 Å². The van der Waals surface area contributed by atoms with Crippen molar-refractivity contribution in [2.24, 2.45) is 11.3 Å². The van der Waals surface area contributed by atoms with E-state index in [2.05, 4.69) is 20.7 Å². The van der Waals surface area contributed by atoms with Gasteiger partial charge in [0.25, 0.3) is 0 Å². The highest BCUT2D eigenvalue weighted by molar-refractivity contribution is 5.63. The smallest absolute Gasteiger partial charge is 0.205 e. The van der Waals surface area contributed by atoms with Crippen LogP contribution < -0.4 is 21.3 Å². The molecule has 0 aromatic carbocycles. The van der Waals surface area contributed by atoms with Gasteiger partial charge in [0.1, 0.15) is 6.33 Å². The van der Waals surface area contributed by atoms with E-state index >= 15 is 0 Å². The van der Waals surface area contributed by atoms with E-state index in [1.807, 2.05) is 13.8 Å². The van der Waals surface area contributed by atoms with E-state index in [-0.39, 0.29) is 17.6 Å². The predicted octanol–water partition coefficient (Wildman–Crippen LogP) is 0.342. The maximum Gasteiger partial charge on any atom is 0.205 e. The second-order valence-corrected chi connectivity index (χ2v) is 5.02. The van der Waals surface area contributed by atoms with Crippen molar-refractivity contribution in [2.45, 2.75) is 32.4 Å². The maximum absolute atomic E-state index is 9.72. The Morgan fingerprint density at radius 1 is 1.44 bits per heavy atom. The first-order valence-corrected chi connectivity index (χ1v) is 5.81. The standard InChI is InChI=1S/C11H19N5O2/c1-11(2)6(4-7(11)17)15-9-8(18-3)10(16-12)14-5-13-9/h5-7,17H,4,12H2,1-3H3,(H2,13,14,15,16). The monoisotopic (exact) mass is 253 g/mol. The number of anilines is 2. The minimum atomic E-state index is -0.296. The van der Waals surface area contributed by atoms with Crippen molar-refractivity contribution in [1.82, 2.24) is 9.97 Å². The van der Waals surface area contributed by atoms with Crippen molar-refractivity contribution in [3.8, 4) is 5.75 Å². The highest BCUT2D eigenvalue weighted by Crippen LogP contribution is 2.43. The number of aliphatic hydroxyl groups excluding tert-OH is 1. The largest absolute Gasteiger partial charge is 0.490 e. The Hall–Kier alpha value is -1.60. The molecule has 2 atom stereocenters. The first-order valence-electron chi connectivity index (χ1n) is 5.81. The normalized spacial score (nSPS) is 25.2. The van der Waals surface area contributed by atoms with Gasteiger partial charge in [-0.2, -0.15) is 0 Å². The lowest BCUT2D eigenvalue weighted by Crippen LogP contribution is -2.57. The molecule has 1 saturated carbocycles. The Morgan fingerprint density at radius 3 is 2.61 bits per heavy atom. The molecule has 0 saturated heterocycles. The zero-order valence-electron chi connectivity index (χ0n) is 10.8. The molecule has 1 aliphatic rings. The molecular weight excluding hydrogens is 234 g/mol. The van der Waals surface area contributed by atoms with Gasteiger partial charge in [0.2, 0.25) is 5.75 Å². The number of rotatable bonds is 4. The highest BCUT2D eigenvalue weighted by atomic mass is 16.5. The van der Waals surface area contributed by atoms with Gasteiger partial charge in [0, 0.05) is 11.5 Å². The average molecular weight is 253 g/mol. The topological polar surface area (TPSA) is 105 Å². The summed E-state index contributed by atoms with van der Waals surface area (Å²) in [4.78, 5) is 8.12. The van der Waals surface area contributed by atoms with E-state index in [1.165, 1.54) is 13.4 Å². The number of ether oxygens (including phenoxy) is 1. The second kappa shape index (κ2) is 4.58. The Balaban J connectivity index is 2.20. The molecule has 7 nitrogen and oxygen atoms in total. The maximum atomic E-state index is 9.72. The summed E-state index contributed by atoms with van der Waals surface area (Å²) in [5, 5.41) is 13.0. The van der Waals surface area contributed by atoms with Crippen LogP contribution in [0.5, 0.6) is 5.75 Å². The Bertz CT molecular complexity index is 437. The van der Waals surface area contributed by atoms with Gasteiger partial charge in [0.15, 0.2) is 11.6 Å². The van der Waals surface area contributed by atoms with Crippen LogP contribution in [0, 0.1) is 5.41 Å². The third kappa shape index (κ3) is 1.95. The van der Waals surface area contributed by atoms with Crippen LogP contribution in [0.25, 0.3) is 0 Å². The van der Waals surface area contributed by atoms with Crippen LogP contribution in [0.4, 0.5) is 11.6 Å². The van der Waals surface area contributed by atoms with E-state index in [9.17, 15) is 5.11 Å². The van der Waals surface area contributed by atoms with Crippen LogP contribution in [0.3, 0.4) is 0 Å². The first-order chi connectivity index (χ1) is 8.50. The molecule has 0 radical (unpaired) electrons. The Morgan fingerprint density at radius 2 is 2.11 bits per heavy atom. The van der Waals surface area contributed by atoms with Gasteiger partial charge < -0.3 is 20.6 Å². The Kier molecular flexibility index (Phi) is 3.27. The fourth-order valence-electron chi connectivity index (χ4n) is 2.09. The number of hydrogen-bond donors (Lipinski definition) is 4. The van der Waals surface area contributed by atoms with Crippen molar-refractivity contribution in [1.29, 1.82) is 0 Å². The van der Waals surface area contributed by atoms with Crippen molar-refractivity contribution in [3.05, 3.63) is 6.33 Å². The van der Waals surface area contributed by atoms with Crippen LogP contribution in [0.1, 0.15) is 20.3 Å². The van der Waals surface area contributed by atoms with Gasteiger partial charge in [-0.05, 0) is 6.42 Å². The van der Waals surface area contributed by atoms with Crippen molar-refractivity contribution < 1.29 is 9.84 Å². The minimum Gasteiger partial charge on any atom is -0.490 e. The summed E-state index contributed by atoms with van der Waals surface area (Å²) in [5.74, 6) is 6.83. The molecule has 1 aliphatic carbocycles. The number of methoxy groups -OCH3 is 1. The van der Waals surface area contributed by atoms with Gasteiger partial charge in [-0.3, -0.25) is 0 Å². The summed E-state index contributed by atoms with van der Waals surface area (Å²) in [6.45, 7) is 4.02. The molecule has 2 rings (SSSR count). The van der Waals surface area contributed by atoms with Gasteiger partial charge in [-0.15, -0.1) is 0 Å². The third-order valence-corrected chi connectivity index (χ3v) is 3.67. The summed E-state index contributed by atoms with van der Waals surface area (Å²) in [6, 6.07) is 0.141. The predicted molar refractivity (Wildman–Crippen MR) is 68.2 cm³/mol. The summed E-state index contributed by atoms with van der Waals surface area (Å²) < 4.78 is 5.24. The quantitative estimate of drug-likeness (QED) is 0.453. The van der Waals surface area contributed by atoms with Gasteiger partial charge in [-0.1, -0.05) is 13.8 Å². The van der Waals surface area contributed by atoms with Gasteiger partial charge in [-0.25, -0.2) is 15.8 Å². The lowest BCUT2D eigenvalue weighted by atomic mass is 9.64. The van der Waals surface area contributed by atoms with Crippen LogP contribution in [0.2, 0.25) is 0 Å². The van der Waals surface area contributed by atoms with Gasteiger partial charge in [0.05, 0.1) is 13.2 Å². The molecular formula is C11H19N5O2. The second-order valence-electron chi connectivity index (χ2n) is 5.02. The number of nitrogens with zero attached hydrogens (tertiary/aromatic N) is 2. The molecule has 0 amide bonds. The lowest BCUT2D eigenvalue weighted by molar-refractivity contribution is -0.0512. The first kappa shape index (κ1) is 12.8. The molecule has 2 unspecified atom stereocenters. The van der Waals surface area contributed by atoms with Crippen LogP contribution >= 0.6 is 0 Å². The number of nitrogens with one attached hydrogen (secondary N) is 2. The van der Waals surface area contributed by atoms with E-state index in [1.54, 1.807) is 0 Å². The molecule has 18 heavy (non-hydrogen) atoms. The highest BCUT2D eigenvalue weighted by Gasteiger charge is 2.47. The van der Waals surface area contributed by atoms with Crippen LogP contribution in [-0.2, 0) is 0 Å². The van der Waals surface area contributed by atoms with Crippen LogP contribution in [0.15, 0.2) is 6.33 Å². The van der Waals surface area contributed by atoms with Crippen molar-refractivity contribution in [2.75, 3.05) is 17.9 Å². The molecule has 1 aromatic heterocycles. The molecule has 5 N–H and O–H groups in total. The number of hydrogen-bond acceptors (Lipinski definition) is 7. The van der Waals surface area contributed by atoms with Crippen molar-refractivity contribution >= 4 is 11.6 Å². The van der Waals surface area contributed by atoms with E-state index in [0.29, 0.717) is 23.8 Å². The number of nitrogens with two attached hydrogens (primary N) is 1. The summed E-state index contributed by atoms with van der Waals surface area (Å²) in [7, 11) is 1.53. The number of nitrogen functional groups attached to an aromatic ring is 1. The van der Waals surface area contributed by atoms with E-state index in [0.717, 1.165) is 0 Å². The average Bonchev–Trinajstić information content (AvgIpc) is 2.37. The molecule has 1 fully saturated rings. The summed E-state index contributed by atoms with van der Waals surface area (Å²) in [6.07, 6.45) is 1.79. The molecule has 0 bridgehead atoms. The summed E-state index contributed by atoms with van der Waals surface area (Å²) in [5.41, 5.74) is 2.27. The van der Waals surface area contributed by atoms with Crippen molar-refractivity contribution in [3.63, 3.8) is 0 Å². The fraction of sp³-hybridized carbons (Fsp3) is 0.636. The fourth-order valence-corrected chi connectivity index (χ4v) is 2.09. The van der Waals surface area contributed by atoms with Crippen LogP contribution in [-0.4, -0.2) is 34.3 Å². The lowest BCUT2D eigenvalue weighted by Gasteiger charge is -2.49. The van der Waals surface area contributed by atoms with E-state index in [4.69, 9.17) is 10.6 Å². The SMILES string of the molecule is COc1c(NN)ncnc1NC1CC(O)C1(C)C. The number of aromatic nitrogens is 2. The summed E-state index contributed by atoms with van der Waals surface area (Å²) >= 11 is 0. The minimum absolute atomic E-state index is 0.141. The molecule has 100 valence electrons. The Labute approximate surface area is 106 Å². The molecule has 1 heterocycles. The third-order valence-electron chi connectivity index (χ3n) is 3.67. The molecule has 0 aliphatic heterocycles. The van der Waals surface area contributed by atoms with Gasteiger partial charge >= 0.3 is 0 Å². The number of hydrazine groups is 1. The number of aliphatic hydroxyl groups is 1. The molecule has 1 aromatic rings. The zero-order valence-corrected chi connectivity index (χ0v) is 10.8.